The highest BCUT2D eigenvalue weighted by atomic mass is 16.5. The van der Waals surface area contributed by atoms with Crippen molar-refractivity contribution in [3.05, 3.63) is 77.5 Å². The molecule has 1 N–H and O–H groups in total. The lowest BCUT2D eigenvalue weighted by Crippen LogP contribution is -2.13. The highest BCUT2D eigenvalue weighted by Crippen LogP contribution is 2.28. The minimum absolute atomic E-state index is 0.257. The molecule has 0 fully saturated rings. The zero-order valence-corrected chi connectivity index (χ0v) is 14.9. The van der Waals surface area contributed by atoms with Crippen molar-refractivity contribution in [2.45, 2.75) is 13.8 Å². The Kier molecular flexibility index (Phi) is 5.17. The van der Waals surface area contributed by atoms with Crippen molar-refractivity contribution in [1.82, 2.24) is 4.98 Å². The lowest BCUT2D eigenvalue weighted by molar-refractivity contribution is 0.102. The van der Waals surface area contributed by atoms with Crippen LogP contribution in [0.3, 0.4) is 0 Å². The summed E-state index contributed by atoms with van der Waals surface area (Å²) in [4.78, 5) is 16.7. The first-order valence-corrected chi connectivity index (χ1v) is 8.23. The van der Waals surface area contributed by atoms with Crippen LogP contribution in [0.25, 0.3) is 0 Å². The average Bonchev–Trinajstić information content (AvgIpc) is 2.66. The number of ether oxygens (including phenoxy) is 2. The number of anilines is 1. The number of amides is 1. The Morgan fingerprint density at radius 2 is 1.69 bits per heavy atom. The Morgan fingerprint density at radius 3 is 2.35 bits per heavy atom. The Morgan fingerprint density at radius 1 is 0.962 bits per heavy atom. The summed E-state index contributed by atoms with van der Waals surface area (Å²) >= 11 is 0. The standard InChI is InChI=1S/C21H20N2O3/c1-14-7-6-8-15(2)20(14)26-19-12-11-16(13-22-19)23-21(24)17-9-4-5-10-18(17)25-3/h4-13H,1-3H3,(H,23,24). The van der Waals surface area contributed by atoms with E-state index in [0.29, 0.717) is 22.9 Å². The average molecular weight is 348 g/mol. The molecule has 1 aromatic heterocycles. The molecule has 0 saturated carbocycles. The van der Waals surface area contributed by atoms with Crippen molar-refractivity contribution in [3.8, 4) is 17.4 Å². The summed E-state index contributed by atoms with van der Waals surface area (Å²) in [6.07, 6.45) is 1.57. The van der Waals surface area contributed by atoms with E-state index in [1.807, 2.05) is 38.1 Å². The molecule has 26 heavy (non-hydrogen) atoms. The summed E-state index contributed by atoms with van der Waals surface area (Å²) in [5.41, 5.74) is 3.13. The van der Waals surface area contributed by atoms with Gasteiger partial charge in [0.1, 0.15) is 11.5 Å². The molecule has 3 rings (SSSR count). The molecule has 0 aliphatic carbocycles. The van der Waals surface area contributed by atoms with Crippen LogP contribution in [0, 0.1) is 13.8 Å². The van der Waals surface area contributed by atoms with Crippen molar-refractivity contribution in [2.24, 2.45) is 0 Å². The molecule has 1 amide bonds. The number of benzene rings is 2. The van der Waals surface area contributed by atoms with Crippen molar-refractivity contribution < 1.29 is 14.3 Å². The fourth-order valence-corrected chi connectivity index (χ4v) is 2.61. The number of pyridine rings is 1. The van der Waals surface area contributed by atoms with Crippen LogP contribution in [0.4, 0.5) is 5.69 Å². The number of aromatic nitrogens is 1. The van der Waals surface area contributed by atoms with Crippen molar-refractivity contribution in [3.63, 3.8) is 0 Å². The first-order chi connectivity index (χ1) is 12.6. The second-order valence-corrected chi connectivity index (χ2v) is 5.86. The molecule has 1 heterocycles. The minimum atomic E-state index is -0.257. The summed E-state index contributed by atoms with van der Waals surface area (Å²) in [5.74, 6) is 1.53. The molecule has 0 aliphatic rings. The smallest absolute Gasteiger partial charge is 0.259 e. The van der Waals surface area contributed by atoms with E-state index in [1.54, 1.807) is 36.5 Å². The number of carbonyl (C=O) groups excluding carboxylic acids is 1. The van der Waals surface area contributed by atoms with E-state index >= 15 is 0 Å². The molecule has 0 bridgehead atoms. The van der Waals surface area contributed by atoms with Gasteiger partial charge in [-0.2, -0.15) is 0 Å². The molecule has 5 heteroatoms. The lowest BCUT2D eigenvalue weighted by atomic mass is 10.1. The van der Waals surface area contributed by atoms with E-state index in [2.05, 4.69) is 10.3 Å². The highest BCUT2D eigenvalue weighted by Gasteiger charge is 2.12. The van der Waals surface area contributed by atoms with Crippen LogP contribution < -0.4 is 14.8 Å². The van der Waals surface area contributed by atoms with Crippen LogP contribution in [0.2, 0.25) is 0 Å². The SMILES string of the molecule is COc1ccccc1C(=O)Nc1ccc(Oc2c(C)cccc2C)nc1. The molecule has 0 radical (unpaired) electrons. The molecule has 132 valence electrons. The predicted molar refractivity (Wildman–Crippen MR) is 101 cm³/mol. The van der Waals surface area contributed by atoms with E-state index in [4.69, 9.17) is 9.47 Å². The number of hydrogen-bond acceptors (Lipinski definition) is 4. The fourth-order valence-electron chi connectivity index (χ4n) is 2.61. The molecular weight excluding hydrogens is 328 g/mol. The summed E-state index contributed by atoms with van der Waals surface area (Å²) in [5, 5.41) is 2.81. The quantitative estimate of drug-likeness (QED) is 0.723. The van der Waals surface area contributed by atoms with Gasteiger partial charge < -0.3 is 14.8 Å². The van der Waals surface area contributed by atoms with Crippen LogP contribution in [-0.4, -0.2) is 18.0 Å². The molecule has 3 aromatic rings. The predicted octanol–water partition coefficient (Wildman–Crippen LogP) is 4.75. The van der Waals surface area contributed by atoms with Gasteiger partial charge in [0.05, 0.1) is 24.6 Å². The second-order valence-electron chi connectivity index (χ2n) is 5.86. The van der Waals surface area contributed by atoms with E-state index in [0.717, 1.165) is 16.9 Å². The van der Waals surface area contributed by atoms with Crippen molar-refractivity contribution in [2.75, 3.05) is 12.4 Å². The zero-order valence-electron chi connectivity index (χ0n) is 14.9. The Bertz CT molecular complexity index is 901. The number of aryl methyl sites for hydroxylation is 2. The van der Waals surface area contributed by atoms with E-state index < -0.39 is 0 Å². The summed E-state index contributed by atoms with van der Waals surface area (Å²) in [6, 6.07) is 16.5. The number of methoxy groups -OCH3 is 1. The van der Waals surface area contributed by atoms with Gasteiger partial charge in [-0.25, -0.2) is 4.98 Å². The van der Waals surface area contributed by atoms with Gasteiger partial charge in [0.25, 0.3) is 5.91 Å². The maximum absolute atomic E-state index is 12.4. The third-order valence-electron chi connectivity index (χ3n) is 3.96. The first kappa shape index (κ1) is 17.5. The van der Waals surface area contributed by atoms with Gasteiger partial charge in [-0.1, -0.05) is 30.3 Å². The molecule has 0 spiro atoms. The van der Waals surface area contributed by atoms with Gasteiger partial charge in [-0.15, -0.1) is 0 Å². The Balaban J connectivity index is 1.73. The van der Waals surface area contributed by atoms with Gasteiger partial charge in [-0.3, -0.25) is 4.79 Å². The Hall–Kier alpha value is -3.34. The van der Waals surface area contributed by atoms with Gasteiger partial charge in [0, 0.05) is 6.07 Å². The third-order valence-corrected chi connectivity index (χ3v) is 3.96. The normalized spacial score (nSPS) is 10.3. The summed E-state index contributed by atoms with van der Waals surface area (Å²) in [7, 11) is 1.54. The maximum Gasteiger partial charge on any atom is 0.259 e. The summed E-state index contributed by atoms with van der Waals surface area (Å²) < 4.78 is 11.1. The number of para-hydroxylation sites is 2. The summed E-state index contributed by atoms with van der Waals surface area (Å²) in [6.45, 7) is 3.98. The number of nitrogens with zero attached hydrogens (tertiary/aromatic N) is 1. The van der Waals surface area contributed by atoms with E-state index in [-0.39, 0.29) is 5.91 Å². The molecule has 0 atom stereocenters. The number of rotatable bonds is 5. The van der Waals surface area contributed by atoms with Gasteiger partial charge >= 0.3 is 0 Å². The monoisotopic (exact) mass is 348 g/mol. The maximum atomic E-state index is 12.4. The van der Waals surface area contributed by atoms with Gasteiger partial charge in [0.2, 0.25) is 5.88 Å². The first-order valence-electron chi connectivity index (χ1n) is 8.23. The Labute approximate surface area is 152 Å². The van der Waals surface area contributed by atoms with Crippen LogP contribution >= 0.6 is 0 Å². The van der Waals surface area contributed by atoms with Crippen LogP contribution in [0.5, 0.6) is 17.4 Å². The molecule has 5 nitrogen and oxygen atoms in total. The van der Waals surface area contributed by atoms with Crippen molar-refractivity contribution in [1.29, 1.82) is 0 Å². The van der Waals surface area contributed by atoms with Crippen LogP contribution in [-0.2, 0) is 0 Å². The van der Waals surface area contributed by atoms with Gasteiger partial charge in [-0.05, 0) is 43.2 Å². The van der Waals surface area contributed by atoms with Crippen LogP contribution in [0.1, 0.15) is 21.5 Å². The molecule has 0 saturated heterocycles. The third kappa shape index (κ3) is 3.83. The molecular formula is C21H20N2O3. The largest absolute Gasteiger partial charge is 0.496 e. The fraction of sp³-hybridized carbons (Fsp3) is 0.143. The molecule has 0 unspecified atom stereocenters. The minimum Gasteiger partial charge on any atom is -0.496 e. The number of nitrogens with one attached hydrogen (secondary N) is 1. The highest BCUT2D eigenvalue weighted by molar-refractivity contribution is 6.06. The number of carbonyl (C=O) groups is 1. The van der Waals surface area contributed by atoms with Crippen LogP contribution in [0.15, 0.2) is 60.8 Å². The van der Waals surface area contributed by atoms with E-state index in [1.165, 1.54) is 7.11 Å². The molecule has 2 aromatic carbocycles. The lowest BCUT2D eigenvalue weighted by Gasteiger charge is -2.12. The zero-order chi connectivity index (χ0) is 18.5. The topological polar surface area (TPSA) is 60.5 Å². The van der Waals surface area contributed by atoms with Crippen molar-refractivity contribution >= 4 is 11.6 Å². The number of hydrogen-bond donors (Lipinski definition) is 1. The van der Waals surface area contributed by atoms with Gasteiger partial charge in [0.15, 0.2) is 0 Å². The van der Waals surface area contributed by atoms with E-state index in [9.17, 15) is 4.79 Å². The second kappa shape index (κ2) is 7.70. The molecule has 0 aliphatic heterocycles.